The average Bonchev–Trinajstić information content (AvgIpc) is 3.03. The Morgan fingerprint density at radius 1 is 0.491 bits per heavy atom. The van der Waals surface area contributed by atoms with Gasteiger partial charge in [-0.15, -0.1) is 0 Å². The molecule has 1 nitrogen and oxygen atoms in total. The second kappa shape index (κ2) is 15.7. The highest BCUT2D eigenvalue weighted by Crippen LogP contribution is 2.56. The van der Waals surface area contributed by atoms with Crippen LogP contribution in [0.5, 0.6) is 0 Å². The molecule has 0 radical (unpaired) electrons. The maximum Gasteiger partial charge on any atom is 0.416 e. The van der Waals surface area contributed by atoms with Crippen molar-refractivity contribution in [1.82, 2.24) is 0 Å². The van der Waals surface area contributed by atoms with Crippen molar-refractivity contribution < 1.29 is 52.7 Å². The molecule has 0 bridgehead atoms. The normalized spacial score (nSPS) is 19.3. The van der Waals surface area contributed by atoms with Crippen LogP contribution < -0.4 is 27.0 Å². The molecule has 2 N–H and O–H groups in total. The fraction of sp³-hybridized carbons (Fsp3) is 0.400. The third-order valence-electron chi connectivity index (χ3n) is 10.1. The molecule has 0 aliphatic heterocycles. The molecule has 4 atom stereocenters. The van der Waals surface area contributed by atoms with Crippen LogP contribution in [-0.4, -0.2) is 11.4 Å². The first kappa shape index (κ1) is 43.0. The Hall–Kier alpha value is -3.14. The van der Waals surface area contributed by atoms with Crippen LogP contribution in [0.25, 0.3) is 0 Å². The van der Waals surface area contributed by atoms with Gasteiger partial charge in [-0.05, 0) is 131 Å². The molecule has 5 rings (SSSR count). The van der Waals surface area contributed by atoms with Gasteiger partial charge in [0.2, 0.25) is 0 Å². The van der Waals surface area contributed by atoms with E-state index in [1.54, 1.807) is 6.92 Å². The van der Waals surface area contributed by atoms with Crippen LogP contribution in [0.1, 0.15) is 70.7 Å². The molecule has 1 fully saturated rings. The lowest BCUT2D eigenvalue weighted by Crippen LogP contribution is -2.44. The monoisotopic (exact) mass is 823 g/mol. The van der Waals surface area contributed by atoms with Crippen LogP contribution >= 0.6 is 15.8 Å². The van der Waals surface area contributed by atoms with E-state index in [4.69, 9.17) is 5.73 Å². The molecule has 1 aliphatic rings. The first-order valence-electron chi connectivity index (χ1n) is 17.3. The highest BCUT2D eigenvalue weighted by atomic mass is 31.1. The zero-order chi connectivity index (χ0) is 41.0. The molecule has 4 aromatic rings. The van der Waals surface area contributed by atoms with Crippen LogP contribution in [-0.2, 0) is 24.7 Å². The number of halogens is 12. The van der Waals surface area contributed by atoms with Crippen LogP contribution in [0, 0.1) is 39.5 Å². The van der Waals surface area contributed by atoms with Gasteiger partial charge in [0.25, 0.3) is 0 Å². The molecule has 1 aliphatic carbocycles. The standard InChI is InChI=1S/C40H39F12NP2/c1-21-9-22(2)12-30(11-21)55(31-13-23(3)10-24(4)14-31)36(53)34-7-6-8-35(25(34)5)54(32-17-26(37(41,42)43)15-27(18-32)38(44,45)46)33-19-28(39(47,48)49)16-29(20-33)40(50,51)52/h9-20,25,34-36H,6-8,53H2,1-5H3/t25?,34-,35?,36-/m0/s1. The Kier molecular flexibility index (Phi) is 12.2. The van der Waals surface area contributed by atoms with Crippen molar-refractivity contribution in [2.75, 3.05) is 0 Å². The van der Waals surface area contributed by atoms with E-state index in [0.29, 0.717) is 37.1 Å². The van der Waals surface area contributed by atoms with Crippen LogP contribution in [0.2, 0.25) is 0 Å². The van der Waals surface area contributed by atoms with Crippen LogP contribution in [0.4, 0.5) is 52.7 Å². The van der Waals surface area contributed by atoms with Gasteiger partial charge in [0.05, 0.1) is 22.3 Å². The summed E-state index contributed by atoms with van der Waals surface area (Å²) < 4.78 is 170. The summed E-state index contributed by atoms with van der Waals surface area (Å²) in [5, 5.41) is 0.618. The lowest BCUT2D eigenvalue weighted by atomic mass is 9.80. The molecule has 0 spiro atoms. The van der Waals surface area contributed by atoms with Gasteiger partial charge in [-0.25, -0.2) is 0 Å². The molecule has 55 heavy (non-hydrogen) atoms. The Labute approximate surface area is 314 Å². The van der Waals surface area contributed by atoms with Gasteiger partial charge in [0.15, 0.2) is 0 Å². The lowest BCUT2D eigenvalue weighted by Gasteiger charge is -2.45. The maximum absolute atomic E-state index is 14.2. The summed E-state index contributed by atoms with van der Waals surface area (Å²) in [4.78, 5) is 0. The topological polar surface area (TPSA) is 26.0 Å². The third kappa shape index (κ3) is 9.88. The van der Waals surface area contributed by atoms with E-state index in [0.717, 1.165) is 32.9 Å². The quantitative estimate of drug-likeness (QED) is 0.146. The SMILES string of the molecule is Cc1cc(C)cc(P(c2cc(C)cc(C)c2)[C@H](N)[C@H]2CCCC(P(c3cc(C(F)(F)F)cc(C(F)(F)F)c3)c3cc(C(F)(F)F)cc(C(F)(F)F)c3)C2C)c1. The van der Waals surface area contributed by atoms with Crippen molar-refractivity contribution >= 4 is 37.1 Å². The van der Waals surface area contributed by atoms with E-state index in [1.165, 1.54) is 0 Å². The van der Waals surface area contributed by atoms with E-state index in [-0.39, 0.29) is 18.6 Å². The fourth-order valence-electron chi connectivity index (χ4n) is 7.77. The highest BCUT2D eigenvalue weighted by Gasteiger charge is 2.45. The predicted molar refractivity (Wildman–Crippen MR) is 195 cm³/mol. The van der Waals surface area contributed by atoms with E-state index in [2.05, 4.69) is 0 Å². The van der Waals surface area contributed by atoms with Crippen molar-refractivity contribution in [1.29, 1.82) is 0 Å². The van der Waals surface area contributed by atoms with Crippen LogP contribution in [0.3, 0.4) is 0 Å². The average molecular weight is 824 g/mol. The molecular formula is C40H39F12NP2. The Morgan fingerprint density at radius 3 is 1.13 bits per heavy atom. The summed E-state index contributed by atoms with van der Waals surface area (Å²) in [6.07, 6.45) is -20.3. The van der Waals surface area contributed by atoms with Gasteiger partial charge in [0.1, 0.15) is 0 Å². The number of alkyl halides is 12. The first-order chi connectivity index (χ1) is 25.2. The number of hydrogen-bond acceptors (Lipinski definition) is 1. The molecule has 1 saturated carbocycles. The number of rotatable bonds is 7. The minimum atomic E-state index is -5.31. The van der Waals surface area contributed by atoms with Crippen LogP contribution in [0.15, 0.2) is 72.8 Å². The van der Waals surface area contributed by atoms with Gasteiger partial charge in [0, 0.05) is 5.78 Å². The minimum absolute atomic E-state index is 0.103. The van der Waals surface area contributed by atoms with Gasteiger partial charge in [-0.2, -0.15) is 52.7 Å². The fourth-order valence-corrected chi connectivity index (χ4v) is 14.2. The van der Waals surface area contributed by atoms with E-state index >= 15 is 0 Å². The smallest absolute Gasteiger partial charge is 0.323 e. The summed E-state index contributed by atoms with van der Waals surface area (Å²) in [5.74, 6) is -1.76. The van der Waals surface area contributed by atoms with Crippen molar-refractivity contribution in [2.24, 2.45) is 17.6 Å². The second-order valence-electron chi connectivity index (χ2n) is 14.5. The molecule has 2 unspecified atom stereocenters. The first-order valence-corrected chi connectivity index (χ1v) is 20.2. The minimum Gasteiger partial charge on any atom is -0.323 e. The zero-order valence-electron chi connectivity index (χ0n) is 30.4. The van der Waals surface area contributed by atoms with E-state index in [9.17, 15) is 52.7 Å². The van der Waals surface area contributed by atoms with Crippen molar-refractivity contribution in [3.05, 3.63) is 117 Å². The highest BCUT2D eigenvalue weighted by molar-refractivity contribution is 7.74. The Bertz CT molecular complexity index is 1780. The molecule has 15 heteroatoms. The molecule has 0 saturated heterocycles. The summed E-state index contributed by atoms with van der Waals surface area (Å²) >= 11 is 0. The number of hydrogen-bond donors (Lipinski definition) is 1. The molecule has 0 aromatic heterocycles. The maximum atomic E-state index is 14.2. The zero-order valence-corrected chi connectivity index (χ0v) is 32.2. The summed E-state index contributed by atoms with van der Waals surface area (Å²) in [5.41, 5.74) is 3.33. The van der Waals surface area contributed by atoms with Gasteiger partial charge in [-0.1, -0.05) is 72.0 Å². The Morgan fingerprint density at radius 2 is 0.818 bits per heavy atom. The van der Waals surface area contributed by atoms with Gasteiger partial charge >= 0.3 is 24.7 Å². The lowest BCUT2D eigenvalue weighted by molar-refractivity contribution is -0.144. The molecule has 298 valence electrons. The third-order valence-corrected chi connectivity index (χ3v) is 15.7. The van der Waals surface area contributed by atoms with Crippen molar-refractivity contribution in [3.8, 4) is 0 Å². The molecule has 0 heterocycles. The van der Waals surface area contributed by atoms with E-state index in [1.807, 2.05) is 64.1 Å². The molecule has 4 aromatic carbocycles. The molecule has 0 amide bonds. The largest absolute Gasteiger partial charge is 0.416 e. The summed E-state index contributed by atoms with van der Waals surface area (Å²) in [6.45, 7) is 9.42. The van der Waals surface area contributed by atoms with Crippen molar-refractivity contribution in [3.63, 3.8) is 0 Å². The number of nitrogens with two attached hydrogens (primary N) is 1. The Balaban J connectivity index is 1.75. The number of benzene rings is 4. The molecular weight excluding hydrogens is 784 g/mol. The van der Waals surface area contributed by atoms with Gasteiger partial charge in [-0.3, -0.25) is 0 Å². The van der Waals surface area contributed by atoms with Crippen molar-refractivity contribution in [2.45, 2.75) is 90.0 Å². The number of aryl methyl sites for hydroxylation is 4. The summed E-state index contributed by atoms with van der Waals surface area (Å²) in [7, 11) is -4.08. The van der Waals surface area contributed by atoms with Gasteiger partial charge < -0.3 is 5.73 Å². The summed E-state index contributed by atoms with van der Waals surface area (Å²) in [6, 6.07) is 13.6. The predicted octanol–water partition coefficient (Wildman–Crippen LogP) is 11.7. The van der Waals surface area contributed by atoms with E-state index < -0.39 is 96.7 Å². The second-order valence-corrected chi connectivity index (χ2v) is 19.3.